The van der Waals surface area contributed by atoms with Gasteiger partial charge < -0.3 is 19.2 Å². The molecular weight excluding hydrogens is 506 g/mol. The molecule has 0 radical (unpaired) electrons. The van der Waals surface area contributed by atoms with E-state index in [9.17, 15) is 9.59 Å². The average molecular weight is 546 g/mol. The quantitative estimate of drug-likeness (QED) is 0.248. The van der Waals surface area contributed by atoms with E-state index in [2.05, 4.69) is 35.5 Å². The van der Waals surface area contributed by atoms with E-state index >= 15 is 0 Å². The molecule has 0 bridgehead atoms. The molecule has 1 aromatic heterocycles. The van der Waals surface area contributed by atoms with Crippen LogP contribution in [-0.4, -0.2) is 60.1 Å². The maximum Gasteiger partial charge on any atom is 0.409 e. The number of nitrogens with zero attached hydrogens (tertiary/aromatic N) is 3. The van der Waals surface area contributed by atoms with Crippen LogP contribution in [0, 0.1) is 29.6 Å². The summed E-state index contributed by atoms with van der Waals surface area (Å²) in [5.41, 5.74) is 4.79. The Morgan fingerprint density at radius 2 is 2.05 bits per heavy atom. The number of oxime groups is 1. The SMILES string of the molecule is CCO/N=C(\C)c1cccc(-c2ccc(/C=C/C3C4CCN(C(=O)OCC)CC4CC4C(=O)O[C@H](C)C43)nc2)c1. The van der Waals surface area contributed by atoms with Gasteiger partial charge in [-0.25, -0.2) is 4.79 Å². The summed E-state index contributed by atoms with van der Waals surface area (Å²) in [6.07, 6.45) is 7.48. The molecule has 40 heavy (non-hydrogen) atoms. The number of likely N-dealkylation sites (tertiary alicyclic amines) is 1. The lowest BCUT2D eigenvalue weighted by atomic mass is 9.59. The van der Waals surface area contributed by atoms with Crippen molar-refractivity contribution in [3.63, 3.8) is 0 Å². The molecule has 6 atom stereocenters. The molecule has 0 N–H and O–H groups in total. The van der Waals surface area contributed by atoms with Gasteiger partial charge in [0.25, 0.3) is 0 Å². The lowest BCUT2D eigenvalue weighted by molar-refractivity contribution is -0.144. The van der Waals surface area contributed by atoms with Crippen LogP contribution in [-0.2, 0) is 19.1 Å². The molecular formula is C32H39N3O5. The third kappa shape index (κ3) is 5.76. The van der Waals surface area contributed by atoms with Gasteiger partial charge in [-0.2, -0.15) is 0 Å². The van der Waals surface area contributed by atoms with Crippen molar-refractivity contribution in [2.75, 3.05) is 26.3 Å². The fourth-order valence-corrected chi connectivity index (χ4v) is 6.76. The first kappa shape index (κ1) is 27.9. The summed E-state index contributed by atoms with van der Waals surface area (Å²) in [5.74, 6) is 0.704. The van der Waals surface area contributed by atoms with Crippen LogP contribution in [0.1, 0.15) is 51.8 Å². The summed E-state index contributed by atoms with van der Waals surface area (Å²) < 4.78 is 11.0. The maximum atomic E-state index is 12.7. The molecule has 1 aromatic carbocycles. The Balaban J connectivity index is 1.34. The number of piperidine rings is 1. The minimum Gasteiger partial charge on any atom is -0.462 e. The largest absolute Gasteiger partial charge is 0.462 e. The molecule has 212 valence electrons. The topological polar surface area (TPSA) is 90.3 Å². The number of aromatic nitrogens is 1. The molecule has 1 saturated carbocycles. The molecule has 1 amide bonds. The van der Waals surface area contributed by atoms with Crippen molar-refractivity contribution in [3.8, 4) is 11.1 Å². The summed E-state index contributed by atoms with van der Waals surface area (Å²) in [6, 6.07) is 12.3. The van der Waals surface area contributed by atoms with E-state index in [0.717, 1.165) is 40.9 Å². The summed E-state index contributed by atoms with van der Waals surface area (Å²) in [6.45, 7) is 9.88. The Labute approximate surface area is 236 Å². The number of hydrogen-bond acceptors (Lipinski definition) is 7. The Hall–Kier alpha value is -3.68. The van der Waals surface area contributed by atoms with Crippen molar-refractivity contribution in [1.82, 2.24) is 9.88 Å². The van der Waals surface area contributed by atoms with Crippen molar-refractivity contribution in [2.24, 2.45) is 34.7 Å². The number of benzene rings is 1. The van der Waals surface area contributed by atoms with Crippen LogP contribution in [0.25, 0.3) is 17.2 Å². The smallest absolute Gasteiger partial charge is 0.409 e. The van der Waals surface area contributed by atoms with Crippen LogP contribution in [0.4, 0.5) is 4.79 Å². The van der Waals surface area contributed by atoms with Gasteiger partial charge in [0.2, 0.25) is 0 Å². The first-order valence-electron chi connectivity index (χ1n) is 14.4. The molecule has 8 heteroatoms. The van der Waals surface area contributed by atoms with Crippen molar-refractivity contribution < 1.29 is 23.9 Å². The van der Waals surface area contributed by atoms with E-state index in [1.165, 1.54) is 0 Å². The molecule has 8 nitrogen and oxygen atoms in total. The van der Waals surface area contributed by atoms with Gasteiger partial charge in [-0.05, 0) is 87.6 Å². The van der Waals surface area contributed by atoms with Crippen LogP contribution in [0.5, 0.6) is 0 Å². The zero-order chi connectivity index (χ0) is 28.2. The van der Waals surface area contributed by atoms with E-state index in [0.29, 0.717) is 32.2 Å². The number of allylic oxidation sites excluding steroid dienone is 1. The predicted octanol–water partition coefficient (Wildman–Crippen LogP) is 5.81. The minimum atomic E-state index is -0.260. The number of esters is 1. The number of hydrogen-bond donors (Lipinski definition) is 0. The summed E-state index contributed by atoms with van der Waals surface area (Å²) in [7, 11) is 0. The highest BCUT2D eigenvalue weighted by atomic mass is 16.6. The highest BCUT2D eigenvalue weighted by Crippen LogP contribution is 2.51. The monoisotopic (exact) mass is 545 g/mol. The fraction of sp³-hybridized carbons (Fsp3) is 0.500. The Morgan fingerprint density at radius 3 is 2.80 bits per heavy atom. The van der Waals surface area contributed by atoms with Crippen molar-refractivity contribution in [1.29, 1.82) is 0 Å². The number of pyridine rings is 1. The molecule has 5 unspecified atom stereocenters. The van der Waals surface area contributed by atoms with Crippen molar-refractivity contribution in [3.05, 3.63) is 59.9 Å². The maximum absolute atomic E-state index is 12.7. The summed E-state index contributed by atoms with van der Waals surface area (Å²) in [5, 5.41) is 4.15. The number of rotatable bonds is 7. The Bertz CT molecular complexity index is 1270. The van der Waals surface area contributed by atoms with Gasteiger partial charge in [-0.1, -0.05) is 35.5 Å². The van der Waals surface area contributed by atoms with Crippen molar-refractivity contribution in [2.45, 2.75) is 46.6 Å². The van der Waals surface area contributed by atoms with Crippen molar-refractivity contribution >= 4 is 23.9 Å². The molecule has 1 aliphatic carbocycles. The molecule has 2 aliphatic heterocycles. The fourth-order valence-electron chi connectivity index (χ4n) is 6.76. The number of carbonyl (C=O) groups excluding carboxylic acids is 2. The highest BCUT2D eigenvalue weighted by Gasteiger charge is 2.54. The van der Waals surface area contributed by atoms with E-state index < -0.39 is 0 Å². The van der Waals surface area contributed by atoms with Gasteiger partial charge in [0.1, 0.15) is 12.7 Å². The third-order valence-corrected chi connectivity index (χ3v) is 8.65. The summed E-state index contributed by atoms with van der Waals surface area (Å²) >= 11 is 0. The van der Waals surface area contributed by atoms with Crippen LogP contribution >= 0.6 is 0 Å². The van der Waals surface area contributed by atoms with Gasteiger partial charge in [0, 0.05) is 30.8 Å². The van der Waals surface area contributed by atoms with Crippen LogP contribution in [0.2, 0.25) is 0 Å². The Kier molecular flexibility index (Phi) is 8.52. The average Bonchev–Trinajstić information content (AvgIpc) is 3.26. The van der Waals surface area contributed by atoms with Gasteiger partial charge in [0.15, 0.2) is 0 Å². The molecule has 2 aromatic rings. The second kappa shape index (κ2) is 12.2. The number of cyclic esters (lactones) is 1. The van der Waals surface area contributed by atoms with Gasteiger partial charge in [-0.15, -0.1) is 0 Å². The Morgan fingerprint density at radius 1 is 1.20 bits per heavy atom. The lowest BCUT2D eigenvalue weighted by Crippen LogP contribution is -2.51. The third-order valence-electron chi connectivity index (χ3n) is 8.65. The molecule has 0 spiro atoms. The first-order chi connectivity index (χ1) is 19.4. The lowest BCUT2D eigenvalue weighted by Gasteiger charge is -2.48. The molecule has 3 aliphatic rings. The second-order valence-electron chi connectivity index (χ2n) is 11.0. The van der Waals surface area contributed by atoms with Gasteiger partial charge >= 0.3 is 12.1 Å². The zero-order valence-corrected chi connectivity index (χ0v) is 23.8. The summed E-state index contributed by atoms with van der Waals surface area (Å²) in [4.78, 5) is 36.9. The standard InChI is InChI=1S/C32H39N3O5/c1-5-38-32(37)35-15-14-27-25(19-35)17-29-30(21(4)40-31(29)36)28(27)13-12-26-11-10-24(18-33-26)23-9-7-8-22(16-23)20(3)34-39-6-2/h7-13,16,18,21,25,27-30H,5-6,14-15,17,19H2,1-4H3/b13-12+,34-20+/t21-,25?,27?,28?,29?,30?/m1/s1. The zero-order valence-electron chi connectivity index (χ0n) is 23.8. The predicted molar refractivity (Wildman–Crippen MR) is 153 cm³/mol. The van der Waals surface area contributed by atoms with E-state index in [4.69, 9.17) is 19.3 Å². The molecule has 3 fully saturated rings. The number of amides is 1. The molecule has 3 heterocycles. The van der Waals surface area contributed by atoms with Crippen LogP contribution in [0.15, 0.2) is 53.8 Å². The number of fused-ring (bicyclic) bond motifs is 2. The van der Waals surface area contributed by atoms with Crippen LogP contribution in [0.3, 0.4) is 0 Å². The second-order valence-corrected chi connectivity index (χ2v) is 11.0. The van der Waals surface area contributed by atoms with E-state index in [1.54, 1.807) is 4.90 Å². The first-order valence-corrected chi connectivity index (χ1v) is 14.4. The van der Waals surface area contributed by atoms with E-state index in [1.807, 2.05) is 52.1 Å². The highest BCUT2D eigenvalue weighted by molar-refractivity contribution is 5.99. The minimum absolute atomic E-state index is 0.103. The molecule has 5 rings (SSSR count). The van der Waals surface area contributed by atoms with Gasteiger partial charge in [0.05, 0.1) is 23.9 Å². The van der Waals surface area contributed by atoms with E-state index in [-0.39, 0.29) is 41.8 Å². The molecule has 2 saturated heterocycles. The van der Waals surface area contributed by atoms with Crippen LogP contribution < -0.4 is 0 Å². The van der Waals surface area contributed by atoms with Gasteiger partial charge in [-0.3, -0.25) is 9.78 Å². The number of ether oxygens (including phenoxy) is 2. The normalized spacial score (nSPS) is 28.1. The number of carbonyl (C=O) groups is 2.